The van der Waals surface area contributed by atoms with Crippen LogP contribution in [0.25, 0.3) is 0 Å². The standard InChI is InChI=1S/C13H13ClN2O5/c1-13(2,12(20)21)10(17)9(11(18)19)16-15-8-5-3-7(14)4-6-8/h3-6,15H,1-2H3,(H,18,19)(H,20,21). The van der Waals surface area contributed by atoms with Gasteiger partial charge in [-0.15, -0.1) is 0 Å². The summed E-state index contributed by atoms with van der Waals surface area (Å²) in [4.78, 5) is 34.0. The Balaban J connectivity index is 3.04. The first-order valence-corrected chi connectivity index (χ1v) is 6.15. The van der Waals surface area contributed by atoms with Crippen molar-refractivity contribution >= 4 is 40.7 Å². The zero-order valence-electron chi connectivity index (χ0n) is 11.3. The number of carbonyl (C=O) groups is 3. The van der Waals surface area contributed by atoms with Gasteiger partial charge >= 0.3 is 11.9 Å². The lowest BCUT2D eigenvalue weighted by Gasteiger charge is -2.16. The first kappa shape index (κ1) is 16.6. The van der Waals surface area contributed by atoms with Gasteiger partial charge in [0.05, 0.1) is 5.69 Å². The first-order valence-electron chi connectivity index (χ1n) is 5.77. The summed E-state index contributed by atoms with van der Waals surface area (Å²) in [5.41, 5.74) is 0.000548. The Bertz CT molecular complexity index is 607. The van der Waals surface area contributed by atoms with Crippen LogP contribution in [0.15, 0.2) is 29.4 Å². The fraction of sp³-hybridized carbons (Fsp3) is 0.231. The molecule has 0 aliphatic carbocycles. The van der Waals surface area contributed by atoms with Crippen molar-refractivity contribution in [2.45, 2.75) is 13.8 Å². The lowest BCUT2D eigenvalue weighted by atomic mass is 9.85. The Kier molecular flexibility index (Phi) is 5.04. The molecule has 0 saturated heterocycles. The number of Topliss-reactive ketones (excluding diaryl/α,β-unsaturated/α-hetero) is 1. The third kappa shape index (κ3) is 4.03. The summed E-state index contributed by atoms with van der Waals surface area (Å²) in [6.07, 6.45) is 0. The van der Waals surface area contributed by atoms with Crippen LogP contribution in [-0.2, 0) is 14.4 Å². The molecule has 1 aromatic carbocycles. The number of aliphatic carboxylic acids is 2. The van der Waals surface area contributed by atoms with Gasteiger partial charge in [-0.1, -0.05) is 11.6 Å². The van der Waals surface area contributed by atoms with Crippen molar-refractivity contribution in [1.82, 2.24) is 0 Å². The zero-order chi connectivity index (χ0) is 16.2. The molecule has 1 rings (SSSR count). The Morgan fingerprint density at radius 3 is 2.10 bits per heavy atom. The van der Waals surface area contributed by atoms with Gasteiger partial charge in [0, 0.05) is 5.02 Å². The van der Waals surface area contributed by atoms with Gasteiger partial charge in [-0.05, 0) is 38.1 Å². The number of anilines is 1. The average Bonchev–Trinajstić information content (AvgIpc) is 2.40. The fourth-order valence-corrected chi connectivity index (χ4v) is 1.36. The predicted molar refractivity (Wildman–Crippen MR) is 76.6 cm³/mol. The minimum Gasteiger partial charge on any atom is -0.481 e. The number of hydrazone groups is 1. The number of nitrogens with zero attached hydrogens (tertiary/aromatic N) is 1. The summed E-state index contributed by atoms with van der Waals surface area (Å²) in [5, 5.41) is 21.9. The topological polar surface area (TPSA) is 116 Å². The van der Waals surface area contributed by atoms with E-state index in [2.05, 4.69) is 10.5 Å². The minimum atomic E-state index is -1.89. The maximum atomic E-state index is 12.0. The van der Waals surface area contributed by atoms with Gasteiger partial charge < -0.3 is 10.2 Å². The molecule has 0 saturated carbocycles. The molecule has 0 fully saturated rings. The first-order chi connectivity index (χ1) is 9.66. The number of rotatable bonds is 6. The molecule has 8 heteroatoms. The van der Waals surface area contributed by atoms with Crippen molar-refractivity contribution in [3.63, 3.8) is 0 Å². The molecule has 0 aliphatic rings. The van der Waals surface area contributed by atoms with Crippen molar-refractivity contribution in [3.05, 3.63) is 29.3 Å². The summed E-state index contributed by atoms with van der Waals surface area (Å²) in [6.45, 7) is 2.22. The number of nitrogens with one attached hydrogen (secondary N) is 1. The summed E-state index contributed by atoms with van der Waals surface area (Å²) >= 11 is 5.69. The van der Waals surface area contributed by atoms with E-state index in [4.69, 9.17) is 21.8 Å². The maximum absolute atomic E-state index is 12.0. The second-order valence-corrected chi connectivity index (χ2v) is 5.08. The molecular weight excluding hydrogens is 300 g/mol. The van der Waals surface area contributed by atoms with Crippen LogP contribution in [0.3, 0.4) is 0 Å². The summed E-state index contributed by atoms with van der Waals surface area (Å²) < 4.78 is 0. The van der Waals surface area contributed by atoms with Crippen LogP contribution in [0.5, 0.6) is 0 Å². The van der Waals surface area contributed by atoms with E-state index in [0.29, 0.717) is 10.7 Å². The zero-order valence-corrected chi connectivity index (χ0v) is 12.0. The molecule has 0 aromatic heterocycles. The number of carboxylic acids is 2. The summed E-state index contributed by atoms with van der Waals surface area (Å²) in [5.74, 6) is -4.16. The molecule has 7 nitrogen and oxygen atoms in total. The van der Waals surface area contributed by atoms with Crippen molar-refractivity contribution in [2.75, 3.05) is 5.43 Å². The molecular formula is C13H13ClN2O5. The van der Waals surface area contributed by atoms with Crippen molar-refractivity contribution in [1.29, 1.82) is 0 Å². The molecule has 1 aromatic rings. The monoisotopic (exact) mass is 312 g/mol. The van der Waals surface area contributed by atoms with Crippen molar-refractivity contribution in [3.8, 4) is 0 Å². The highest BCUT2D eigenvalue weighted by Crippen LogP contribution is 2.18. The van der Waals surface area contributed by atoms with Gasteiger partial charge in [-0.2, -0.15) is 5.10 Å². The SMILES string of the molecule is CC(C)(C(=O)O)C(=O)C(=NNc1ccc(Cl)cc1)C(=O)O. The maximum Gasteiger partial charge on any atom is 0.360 e. The van der Waals surface area contributed by atoms with Crippen LogP contribution < -0.4 is 5.43 Å². The van der Waals surface area contributed by atoms with E-state index in [-0.39, 0.29) is 0 Å². The number of carboxylic acid groups (broad SMARTS) is 2. The van der Waals surface area contributed by atoms with E-state index in [1.165, 1.54) is 12.1 Å². The van der Waals surface area contributed by atoms with Gasteiger partial charge in [-0.25, -0.2) is 4.79 Å². The molecule has 0 heterocycles. The molecule has 0 aliphatic heterocycles. The molecule has 0 spiro atoms. The van der Waals surface area contributed by atoms with E-state index in [0.717, 1.165) is 13.8 Å². The second-order valence-electron chi connectivity index (χ2n) is 4.64. The largest absolute Gasteiger partial charge is 0.481 e. The van der Waals surface area contributed by atoms with Gasteiger partial charge in [-0.3, -0.25) is 15.0 Å². The third-order valence-corrected chi connectivity index (χ3v) is 2.91. The predicted octanol–water partition coefficient (Wildman–Crippen LogP) is 1.87. The Hall–Kier alpha value is -2.41. The number of ketones is 1. The molecule has 21 heavy (non-hydrogen) atoms. The minimum absolute atomic E-state index is 0.402. The van der Waals surface area contributed by atoms with E-state index in [9.17, 15) is 14.4 Å². The highest BCUT2D eigenvalue weighted by Gasteiger charge is 2.41. The lowest BCUT2D eigenvalue weighted by Crippen LogP contribution is -2.41. The van der Waals surface area contributed by atoms with Crippen LogP contribution >= 0.6 is 11.6 Å². The average molecular weight is 313 g/mol. The molecule has 0 unspecified atom stereocenters. The highest BCUT2D eigenvalue weighted by molar-refractivity contribution is 6.66. The van der Waals surface area contributed by atoms with Crippen LogP contribution in [-0.4, -0.2) is 33.6 Å². The normalized spacial score (nSPS) is 11.9. The summed E-state index contributed by atoms with van der Waals surface area (Å²) in [7, 11) is 0. The number of benzene rings is 1. The van der Waals surface area contributed by atoms with Crippen LogP contribution in [0, 0.1) is 5.41 Å². The fourth-order valence-electron chi connectivity index (χ4n) is 1.23. The molecule has 0 bridgehead atoms. The van der Waals surface area contributed by atoms with Crippen molar-refractivity contribution in [2.24, 2.45) is 10.5 Å². The van der Waals surface area contributed by atoms with Gasteiger partial charge in [0.25, 0.3) is 0 Å². The number of hydrogen-bond donors (Lipinski definition) is 3. The van der Waals surface area contributed by atoms with Crippen LogP contribution in [0.4, 0.5) is 5.69 Å². The molecule has 3 N–H and O–H groups in total. The molecule has 112 valence electrons. The smallest absolute Gasteiger partial charge is 0.360 e. The molecule has 0 radical (unpaired) electrons. The second kappa shape index (κ2) is 6.36. The number of halogens is 1. The lowest BCUT2D eigenvalue weighted by molar-refractivity contribution is -0.150. The Morgan fingerprint density at radius 1 is 1.14 bits per heavy atom. The number of hydrogen-bond acceptors (Lipinski definition) is 5. The molecule has 0 atom stereocenters. The van der Waals surface area contributed by atoms with Gasteiger partial charge in [0.15, 0.2) is 0 Å². The molecule has 0 amide bonds. The Labute approximate surface area is 125 Å². The van der Waals surface area contributed by atoms with E-state index < -0.39 is 28.8 Å². The van der Waals surface area contributed by atoms with Gasteiger partial charge in [0.1, 0.15) is 5.41 Å². The summed E-state index contributed by atoms with van der Waals surface area (Å²) in [6, 6.07) is 6.14. The Morgan fingerprint density at radius 2 is 1.67 bits per heavy atom. The third-order valence-electron chi connectivity index (χ3n) is 2.66. The van der Waals surface area contributed by atoms with Gasteiger partial charge in [0.2, 0.25) is 11.5 Å². The quantitative estimate of drug-likeness (QED) is 0.419. The van der Waals surface area contributed by atoms with Crippen LogP contribution in [0.1, 0.15) is 13.8 Å². The van der Waals surface area contributed by atoms with E-state index in [1.807, 2.05) is 0 Å². The van der Waals surface area contributed by atoms with E-state index >= 15 is 0 Å². The van der Waals surface area contributed by atoms with Crippen molar-refractivity contribution < 1.29 is 24.6 Å². The number of carbonyl (C=O) groups excluding carboxylic acids is 1. The highest BCUT2D eigenvalue weighted by atomic mass is 35.5. The van der Waals surface area contributed by atoms with Crippen LogP contribution in [0.2, 0.25) is 5.02 Å². The van der Waals surface area contributed by atoms with E-state index in [1.54, 1.807) is 12.1 Å².